The van der Waals surface area contributed by atoms with Crippen LogP contribution in [0.3, 0.4) is 0 Å². The zero-order valence-corrected chi connectivity index (χ0v) is 6.29. The Morgan fingerprint density at radius 2 is 2.50 bits per heavy atom. The average Bonchev–Trinajstić information content (AvgIpc) is 2.05. The van der Waals surface area contributed by atoms with Gasteiger partial charge in [-0.2, -0.15) is 0 Å². The van der Waals surface area contributed by atoms with E-state index in [4.69, 9.17) is 4.74 Å². The fraction of sp³-hybridized carbons (Fsp3) is 0.375. The summed E-state index contributed by atoms with van der Waals surface area (Å²) in [5.74, 6) is 0. The predicted molar refractivity (Wildman–Crippen MR) is 39.9 cm³/mol. The highest BCUT2D eigenvalue weighted by atomic mass is 16.5. The van der Waals surface area contributed by atoms with Gasteiger partial charge in [0.1, 0.15) is 0 Å². The van der Waals surface area contributed by atoms with Crippen LogP contribution in [0.4, 0.5) is 0 Å². The maximum atomic E-state index is 4.86. The lowest BCUT2D eigenvalue weighted by molar-refractivity contribution is 0.302. The first-order chi connectivity index (χ1) is 4.84. The minimum absolute atomic E-state index is 0.968. The Kier molecular flexibility index (Phi) is 2.37. The second-order valence-electron chi connectivity index (χ2n) is 2.11. The molecule has 0 unspecified atom stereocenters. The number of allylic oxidation sites excluding steroid dienone is 2. The lowest BCUT2D eigenvalue weighted by Crippen LogP contribution is -2.18. The Balaban J connectivity index is 2.53. The Bertz CT molecular complexity index is 161. The topological polar surface area (TPSA) is 12.5 Å². The number of nitrogens with zero attached hydrogens (tertiary/aromatic N) is 1. The molecule has 0 bridgehead atoms. The maximum absolute atomic E-state index is 4.86. The van der Waals surface area contributed by atoms with Gasteiger partial charge in [-0.25, -0.2) is 0 Å². The van der Waals surface area contributed by atoms with E-state index in [-0.39, 0.29) is 0 Å². The third kappa shape index (κ3) is 1.53. The Morgan fingerprint density at radius 1 is 1.70 bits per heavy atom. The highest BCUT2D eigenvalue weighted by Crippen LogP contribution is 2.10. The highest BCUT2D eigenvalue weighted by molar-refractivity contribution is 5.18. The summed E-state index contributed by atoms with van der Waals surface area (Å²) in [5, 5.41) is 0. The molecule has 0 aliphatic carbocycles. The molecule has 0 N–H and O–H groups in total. The summed E-state index contributed by atoms with van der Waals surface area (Å²) < 4.78 is 4.86. The first-order valence-electron chi connectivity index (χ1n) is 3.34. The molecule has 0 aromatic heterocycles. The van der Waals surface area contributed by atoms with Gasteiger partial charge in [0.25, 0.3) is 0 Å². The summed E-state index contributed by atoms with van der Waals surface area (Å²) in [6, 6.07) is 0. The molecule has 0 saturated heterocycles. The number of hydrogen-bond acceptors (Lipinski definition) is 2. The first kappa shape index (κ1) is 7.19. The standard InChI is InChI=1S/C8H11NO/c1-3-9(2)8-5-4-6-10-7-8/h4-6H,3H2,1-2H3. The molecule has 54 valence electrons. The summed E-state index contributed by atoms with van der Waals surface area (Å²) in [6.45, 7) is 5.82. The maximum Gasteiger partial charge on any atom is 0.246 e. The van der Waals surface area contributed by atoms with Crippen molar-refractivity contribution in [1.29, 1.82) is 0 Å². The van der Waals surface area contributed by atoms with Crippen molar-refractivity contribution in [3.05, 3.63) is 30.7 Å². The van der Waals surface area contributed by atoms with Crippen molar-refractivity contribution >= 4 is 0 Å². The highest BCUT2D eigenvalue weighted by Gasteiger charge is 2.05. The van der Waals surface area contributed by atoms with Crippen LogP contribution >= 0.6 is 0 Å². The Hall–Kier alpha value is -0.920. The number of ether oxygens (including phenoxy) is 1. The quantitative estimate of drug-likeness (QED) is 0.570. The molecule has 2 radical (unpaired) electrons. The van der Waals surface area contributed by atoms with E-state index in [1.165, 1.54) is 0 Å². The zero-order valence-electron chi connectivity index (χ0n) is 6.29. The van der Waals surface area contributed by atoms with Crippen LogP contribution in [-0.2, 0) is 4.74 Å². The Morgan fingerprint density at radius 3 is 3.00 bits per heavy atom. The normalized spacial score (nSPS) is 16.0. The molecule has 2 heteroatoms. The molecule has 1 rings (SSSR count). The van der Waals surface area contributed by atoms with Gasteiger partial charge in [0, 0.05) is 13.6 Å². The molecule has 0 saturated carbocycles. The van der Waals surface area contributed by atoms with E-state index in [2.05, 4.69) is 18.4 Å². The van der Waals surface area contributed by atoms with Crippen LogP contribution in [0.5, 0.6) is 0 Å². The van der Waals surface area contributed by atoms with Gasteiger partial charge >= 0.3 is 0 Å². The summed E-state index contributed by atoms with van der Waals surface area (Å²) in [4.78, 5) is 2.06. The molecule has 0 aromatic rings. The van der Waals surface area contributed by atoms with Crippen molar-refractivity contribution in [2.75, 3.05) is 13.6 Å². The lowest BCUT2D eigenvalue weighted by atomic mass is 10.3. The van der Waals surface area contributed by atoms with E-state index in [0.717, 1.165) is 12.2 Å². The fourth-order valence-electron chi connectivity index (χ4n) is 0.674. The minimum Gasteiger partial charge on any atom is -0.479 e. The van der Waals surface area contributed by atoms with Crippen molar-refractivity contribution in [2.24, 2.45) is 0 Å². The van der Waals surface area contributed by atoms with Gasteiger partial charge in [0.2, 0.25) is 6.61 Å². The smallest absolute Gasteiger partial charge is 0.246 e. The first-order valence-corrected chi connectivity index (χ1v) is 3.34. The molecule has 0 aromatic carbocycles. The monoisotopic (exact) mass is 137 g/mol. The van der Waals surface area contributed by atoms with Crippen LogP contribution in [0.25, 0.3) is 0 Å². The van der Waals surface area contributed by atoms with Crippen LogP contribution in [0.15, 0.2) is 24.1 Å². The van der Waals surface area contributed by atoms with Crippen LogP contribution in [-0.4, -0.2) is 18.5 Å². The SMILES string of the molecule is CCN(C)C1=CC=CO[C]1. The van der Waals surface area contributed by atoms with Crippen molar-refractivity contribution in [1.82, 2.24) is 4.90 Å². The summed E-state index contributed by atoms with van der Waals surface area (Å²) in [6.07, 6.45) is 5.43. The van der Waals surface area contributed by atoms with Gasteiger partial charge in [-0.15, -0.1) is 0 Å². The molecular weight excluding hydrogens is 126 g/mol. The van der Waals surface area contributed by atoms with Crippen molar-refractivity contribution in [2.45, 2.75) is 6.92 Å². The molecule has 0 spiro atoms. The number of likely N-dealkylation sites (N-methyl/N-ethyl adjacent to an activating group) is 1. The molecule has 0 amide bonds. The molecule has 2 nitrogen and oxygen atoms in total. The fourth-order valence-corrected chi connectivity index (χ4v) is 0.674. The van der Waals surface area contributed by atoms with Crippen LogP contribution in [0.2, 0.25) is 0 Å². The van der Waals surface area contributed by atoms with E-state index in [1.54, 1.807) is 6.26 Å². The van der Waals surface area contributed by atoms with E-state index < -0.39 is 0 Å². The molecule has 1 aliphatic heterocycles. The number of rotatable bonds is 2. The second-order valence-corrected chi connectivity index (χ2v) is 2.11. The van der Waals surface area contributed by atoms with Crippen LogP contribution in [0.1, 0.15) is 6.92 Å². The van der Waals surface area contributed by atoms with Crippen molar-refractivity contribution in [3.63, 3.8) is 0 Å². The van der Waals surface area contributed by atoms with Gasteiger partial charge < -0.3 is 9.64 Å². The van der Waals surface area contributed by atoms with Crippen LogP contribution < -0.4 is 0 Å². The third-order valence-electron chi connectivity index (χ3n) is 1.45. The summed E-state index contributed by atoms with van der Waals surface area (Å²) in [5.41, 5.74) is 0.991. The summed E-state index contributed by atoms with van der Waals surface area (Å²) in [7, 11) is 2.00. The van der Waals surface area contributed by atoms with Crippen molar-refractivity contribution in [3.8, 4) is 0 Å². The molecular formula is C8H11NO. The third-order valence-corrected chi connectivity index (χ3v) is 1.45. The van der Waals surface area contributed by atoms with Crippen LogP contribution in [0, 0.1) is 6.61 Å². The number of hydrogen-bond donors (Lipinski definition) is 0. The van der Waals surface area contributed by atoms with E-state index in [9.17, 15) is 0 Å². The van der Waals surface area contributed by atoms with Gasteiger partial charge in [-0.05, 0) is 19.1 Å². The van der Waals surface area contributed by atoms with E-state index in [0.29, 0.717) is 0 Å². The molecule has 1 heterocycles. The van der Waals surface area contributed by atoms with Crippen molar-refractivity contribution < 1.29 is 4.74 Å². The van der Waals surface area contributed by atoms with Gasteiger partial charge in [-0.3, -0.25) is 0 Å². The van der Waals surface area contributed by atoms with E-state index in [1.807, 2.05) is 19.2 Å². The summed E-state index contributed by atoms with van der Waals surface area (Å²) >= 11 is 0. The molecule has 0 atom stereocenters. The Labute approximate surface area is 61.8 Å². The zero-order chi connectivity index (χ0) is 7.40. The van der Waals surface area contributed by atoms with E-state index >= 15 is 0 Å². The lowest BCUT2D eigenvalue weighted by Gasteiger charge is -2.19. The molecule has 1 aliphatic rings. The van der Waals surface area contributed by atoms with Gasteiger partial charge in [-0.1, -0.05) is 0 Å². The largest absolute Gasteiger partial charge is 0.479 e. The van der Waals surface area contributed by atoms with Gasteiger partial charge in [0.05, 0.1) is 12.0 Å². The molecule has 0 fully saturated rings. The van der Waals surface area contributed by atoms with Gasteiger partial charge in [0.15, 0.2) is 0 Å². The predicted octanol–water partition coefficient (Wildman–Crippen LogP) is 1.40. The second kappa shape index (κ2) is 3.30. The average molecular weight is 137 g/mol. The molecule has 10 heavy (non-hydrogen) atoms. The minimum atomic E-state index is 0.968.